The molecule has 2 N–H and O–H groups in total. The van der Waals surface area contributed by atoms with E-state index >= 15 is 0 Å². The summed E-state index contributed by atoms with van der Waals surface area (Å²) in [5.41, 5.74) is 4.37. The lowest BCUT2D eigenvalue weighted by Crippen LogP contribution is -1.84. The zero-order valence-electron chi connectivity index (χ0n) is 12.9. The summed E-state index contributed by atoms with van der Waals surface area (Å²) in [6, 6.07) is 10.2. The SMILES string of the molecule is Fc1cccc(-c2cncc3[nH]c(-c4[nH]nc5ncccc45)nc23)c1. The Kier molecular flexibility index (Phi) is 2.87. The van der Waals surface area contributed by atoms with E-state index in [2.05, 4.69) is 25.1 Å². The Labute approximate surface area is 140 Å². The van der Waals surface area contributed by atoms with Crippen LogP contribution < -0.4 is 0 Å². The molecule has 0 bridgehead atoms. The zero-order chi connectivity index (χ0) is 16.8. The smallest absolute Gasteiger partial charge is 0.181 e. The molecule has 120 valence electrons. The molecule has 0 saturated carbocycles. The van der Waals surface area contributed by atoms with Crippen LogP contribution in [0.3, 0.4) is 0 Å². The molecule has 0 radical (unpaired) electrons. The number of aromatic amines is 2. The number of H-pyrrole nitrogens is 2. The standard InChI is InChI=1S/C18H11FN6/c19-11-4-1-3-10(7-11)13-8-20-9-14-15(13)23-18(22-14)16-12-5-2-6-21-17(12)25-24-16/h1-9H,(H,22,23)(H,21,24,25). The van der Waals surface area contributed by atoms with Crippen molar-refractivity contribution in [3.05, 3.63) is 60.8 Å². The Bertz CT molecular complexity index is 1220. The highest BCUT2D eigenvalue weighted by atomic mass is 19.1. The first-order valence-electron chi connectivity index (χ1n) is 7.69. The predicted octanol–water partition coefficient (Wildman–Crippen LogP) is 3.70. The van der Waals surface area contributed by atoms with E-state index in [0.29, 0.717) is 11.5 Å². The van der Waals surface area contributed by atoms with Gasteiger partial charge < -0.3 is 4.98 Å². The highest BCUT2D eigenvalue weighted by Crippen LogP contribution is 2.30. The van der Waals surface area contributed by atoms with E-state index in [1.165, 1.54) is 12.1 Å². The van der Waals surface area contributed by atoms with Crippen LogP contribution in [0.1, 0.15) is 0 Å². The van der Waals surface area contributed by atoms with Crippen molar-refractivity contribution < 1.29 is 4.39 Å². The van der Waals surface area contributed by atoms with E-state index < -0.39 is 0 Å². The minimum atomic E-state index is -0.295. The van der Waals surface area contributed by atoms with Crippen LogP contribution in [-0.4, -0.2) is 30.1 Å². The second-order valence-electron chi connectivity index (χ2n) is 5.65. The largest absolute Gasteiger partial charge is 0.335 e. The summed E-state index contributed by atoms with van der Waals surface area (Å²) >= 11 is 0. The molecular formula is C18H11FN6. The second-order valence-corrected chi connectivity index (χ2v) is 5.65. The number of nitrogens with zero attached hydrogens (tertiary/aromatic N) is 4. The minimum Gasteiger partial charge on any atom is -0.335 e. The van der Waals surface area contributed by atoms with Crippen LogP contribution in [0.5, 0.6) is 0 Å². The van der Waals surface area contributed by atoms with Gasteiger partial charge in [0.1, 0.15) is 11.5 Å². The van der Waals surface area contributed by atoms with E-state index in [9.17, 15) is 4.39 Å². The monoisotopic (exact) mass is 330 g/mol. The van der Waals surface area contributed by atoms with Crippen molar-refractivity contribution >= 4 is 22.1 Å². The Balaban J connectivity index is 1.74. The molecule has 6 nitrogen and oxygen atoms in total. The van der Waals surface area contributed by atoms with Crippen molar-refractivity contribution in [3.63, 3.8) is 0 Å². The maximum absolute atomic E-state index is 13.6. The van der Waals surface area contributed by atoms with Crippen molar-refractivity contribution in [2.24, 2.45) is 0 Å². The van der Waals surface area contributed by atoms with Crippen LogP contribution in [0, 0.1) is 5.82 Å². The van der Waals surface area contributed by atoms with Gasteiger partial charge in [-0.15, -0.1) is 0 Å². The molecule has 0 aliphatic carbocycles. The summed E-state index contributed by atoms with van der Waals surface area (Å²) in [4.78, 5) is 16.4. The van der Waals surface area contributed by atoms with Gasteiger partial charge in [0.15, 0.2) is 11.5 Å². The first kappa shape index (κ1) is 13.8. The Morgan fingerprint density at radius 2 is 2.00 bits per heavy atom. The van der Waals surface area contributed by atoms with Crippen LogP contribution in [0.2, 0.25) is 0 Å². The number of pyridine rings is 2. The third-order valence-electron chi connectivity index (χ3n) is 4.10. The molecule has 0 fully saturated rings. The number of hydrogen-bond acceptors (Lipinski definition) is 4. The lowest BCUT2D eigenvalue weighted by molar-refractivity contribution is 0.628. The molecule has 5 rings (SSSR count). The molecule has 4 aromatic heterocycles. The fraction of sp³-hybridized carbons (Fsp3) is 0. The van der Waals surface area contributed by atoms with Gasteiger partial charge in [-0.25, -0.2) is 14.4 Å². The van der Waals surface area contributed by atoms with Gasteiger partial charge >= 0.3 is 0 Å². The van der Waals surface area contributed by atoms with Crippen LogP contribution >= 0.6 is 0 Å². The summed E-state index contributed by atoms with van der Waals surface area (Å²) in [7, 11) is 0. The predicted molar refractivity (Wildman–Crippen MR) is 92.2 cm³/mol. The molecule has 0 atom stereocenters. The van der Waals surface area contributed by atoms with Gasteiger partial charge in [0.25, 0.3) is 0 Å². The molecule has 0 aliphatic heterocycles. The summed E-state index contributed by atoms with van der Waals surface area (Å²) in [5, 5.41) is 8.05. The molecule has 0 saturated heterocycles. The van der Waals surface area contributed by atoms with E-state index in [4.69, 9.17) is 4.98 Å². The van der Waals surface area contributed by atoms with Crippen molar-refractivity contribution in [2.75, 3.05) is 0 Å². The number of fused-ring (bicyclic) bond motifs is 2. The minimum absolute atomic E-state index is 0.295. The number of imidazole rings is 1. The lowest BCUT2D eigenvalue weighted by atomic mass is 10.1. The highest BCUT2D eigenvalue weighted by Gasteiger charge is 2.15. The average Bonchev–Trinajstić information content (AvgIpc) is 3.25. The van der Waals surface area contributed by atoms with Gasteiger partial charge in [0.05, 0.1) is 17.2 Å². The van der Waals surface area contributed by atoms with Gasteiger partial charge in [-0.1, -0.05) is 12.1 Å². The van der Waals surface area contributed by atoms with Gasteiger partial charge in [0.2, 0.25) is 0 Å². The third-order valence-corrected chi connectivity index (χ3v) is 4.10. The van der Waals surface area contributed by atoms with Crippen molar-refractivity contribution in [1.29, 1.82) is 0 Å². The molecule has 1 aromatic carbocycles. The Morgan fingerprint density at radius 3 is 2.92 bits per heavy atom. The van der Waals surface area contributed by atoms with Gasteiger partial charge in [-0.2, -0.15) is 5.10 Å². The first-order valence-corrected chi connectivity index (χ1v) is 7.69. The summed E-state index contributed by atoms with van der Waals surface area (Å²) in [6.45, 7) is 0. The van der Waals surface area contributed by atoms with E-state index in [1.54, 1.807) is 24.7 Å². The summed E-state index contributed by atoms with van der Waals surface area (Å²) in [5.74, 6) is 0.340. The highest BCUT2D eigenvalue weighted by molar-refractivity contribution is 5.95. The average molecular weight is 330 g/mol. The normalized spacial score (nSPS) is 11.4. The zero-order valence-corrected chi connectivity index (χ0v) is 12.9. The molecule has 7 heteroatoms. The van der Waals surface area contributed by atoms with E-state index in [0.717, 1.165) is 33.2 Å². The topological polar surface area (TPSA) is 83.1 Å². The maximum atomic E-state index is 13.6. The van der Waals surface area contributed by atoms with Crippen molar-refractivity contribution in [1.82, 2.24) is 30.1 Å². The van der Waals surface area contributed by atoms with Crippen molar-refractivity contribution in [3.8, 4) is 22.6 Å². The number of rotatable bonds is 2. The van der Waals surface area contributed by atoms with Gasteiger partial charge in [-0.3, -0.25) is 10.1 Å². The molecule has 4 heterocycles. The molecule has 0 unspecified atom stereocenters. The second kappa shape index (κ2) is 5.20. The molecule has 25 heavy (non-hydrogen) atoms. The van der Waals surface area contributed by atoms with Crippen LogP contribution in [0.15, 0.2) is 55.0 Å². The first-order chi connectivity index (χ1) is 12.3. The molecule has 0 aliphatic rings. The number of nitrogens with one attached hydrogen (secondary N) is 2. The fourth-order valence-corrected chi connectivity index (χ4v) is 2.95. The molecular weight excluding hydrogens is 319 g/mol. The third kappa shape index (κ3) is 2.17. The van der Waals surface area contributed by atoms with E-state index in [-0.39, 0.29) is 5.82 Å². The summed E-state index contributed by atoms with van der Waals surface area (Å²) < 4.78 is 13.6. The maximum Gasteiger partial charge on any atom is 0.181 e. The quantitative estimate of drug-likeness (QED) is 0.517. The van der Waals surface area contributed by atoms with E-state index in [1.807, 2.05) is 18.2 Å². The molecule has 5 aromatic rings. The van der Waals surface area contributed by atoms with Gasteiger partial charge in [-0.05, 0) is 29.8 Å². The Morgan fingerprint density at radius 1 is 1.04 bits per heavy atom. The lowest BCUT2D eigenvalue weighted by Gasteiger charge is -2.01. The van der Waals surface area contributed by atoms with Crippen LogP contribution in [0.25, 0.3) is 44.7 Å². The van der Waals surface area contributed by atoms with Crippen LogP contribution in [0.4, 0.5) is 4.39 Å². The molecule has 0 amide bonds. The number of halogens is 1. The molecule has 0 spiro atoms. The fourth-order valence-electron chi connectivity index (χ4n) is 2.95. The number of aromatic nitrogens is 6. The summed E-state index contributed by atoms with van der Waals surface area (Å²) in [6.07, 6.45) is 5.08. The van der Waals surface area contributed by atoms with Crippen LogP contribution in [-0.2, 0) is 0 Å². The Hall–Kier alpha value is -3.61. The van der Waals surface area contributed by atoms with Crippen molar-refractivity contribution in [2.45, 2.75) is 0 Å². The van der Waals surface area contributed by atoms with Gasteiger partial charge in [0, 0.05) is 23.3 Å². The number of benzene rings is 1. The number of hydrogen-bond donors (Lipinski definition) is 2.